The van der Waals surface area contributed by atoms with E-state index in [0.717, 1.165) is 70.3 Å². The zero-order valence-electron chi connectivity index (χ0n) is 14.7. The van der Waals surface area contributed by atoms with Crippen molar-refractivity contribution in [3.05, 3.63) is 35.6 Å². The lowest BCUT2D eigenvalue weighted by Crippen LogP contribution is -2.51. The van der Waals surface area contributed by atoms with Crippen LogP contribution in [0.25, 0.3) is 0 Å². The highest BCUT2D eigenvalue weighted by molar-refractivity contribution is 5.88. The molecule has 1 aromatic carbocycles. The van der Waals surface area contributed by atoms with Crippen molar-refractivity contribution in [1.82, 2.24) is 10.2 Å². The third-order valence-corrected chi connectivity index (χ3v) is 6.69. The number of amides is 1. The summed E-state index contributed by atoms with van der Waals surface area (Å²) in [7, 11) is 0. The summed E-state index contributed by atoms with van der Waals surface area (Å²) >= 11 is 0. The highest BCUT2D eigenvalue weighted by Crippen LogP contribution is 2.44. The Kier molecular flexibility index (Phi) is 5.40. The number of piperidine rings is 1. The SMILES string of the molecule is Cl.O=C(N1CCC2(CCNC2)CC1)C1(c2cccc(F)c2)CCCC1. The van der Waals surface area contributed by atoms with Gasteiger partial charge in [-0.15, -0.1) is 12.4 Å². The quantitative estimate of drug-likeness (QED) is 0.866. The van der Waals surface area contributed by atoms with Gasteiger partial charge < -0.3 is 10.2 Å². The third kappa shape index (κ3) is 3.31. The number of rotatable bonds is 2. The Morgan fingerprint density at radius 1 is 1.08 bits per heavy atom. The van der Waals surface area contributed by atoms with Gasteiger partial charge in [0.2, 0.25) is 5.91 Å². The molecule has 1 N–H and O–H groups in total. The second-order valence-corrected chi connectivity index (χ2v) is 8.02. The first-order valence-corrected chi connectivity index (χ1v) is 9.40. The Morgan fingerprint density at radius 3 is 2.40 bits per heavy atom. The lowest BCUT2D eigenvalue weighted by atomic mass is 9.74. The van der Waals surface area contributed by atoms with E-state index in [0.29, 0.717) is 5.41 Å². The molecular formula is C20H28ClFN2O. The molecule has 25 heavy (non-hydrogen) atoms. The van der Waals surface area contributed by atoms with Gasteiger partial charge in [-0.2, -0.15) is 0 Å². The number of carbonyl (C=O) groups excluding carboxylic acids is 1. The first-order valence-electron chi connectivity index (χ1n) is 9.40. The molecule has 0 aromatic heterocycles. The van der Waals surface area contributed by atoms with Crippen LogP contribution in [0, 0.1) is 11.2 Å². The number of nitrogens with zero attached hydrogens (tertiary/aromatic N) is 1. The molecule has 138 valence electrons. The fraction of sp³-hybridized carbons (Fsp3) is 0.650. The van der Waals surface area contributed by atoms with Crippen LogP contribution in [0.2, 0.25) is 0 Å². The largest absolute Gasteiger partial charge is 0.342 e. The van der Waals surface area contributed by atoms with Gasteiger partial charge in [0.15, 0.2) is 0 Å². The van der Waals surface area contributed by atoms with Crippen molar-refractivity contribution in [2.75, 3.05) is 26.2 Å². The maximum atomic E-state index is 13.8. The summed E-state index contributed by atoms with van der Waals surface area (Å²) in [5.74, 6) is 0.00704. The van der Waals surface area contributed by atoms with Gasteiger partial charge in [0.1, 0.15) is 5.82 Å². The van der Waals surface area contributed by atoms with E-state index < -0.39 is 5.41 Å². The molecule has 3 aliphatic rings. The van der Waals surface area contributed by atoms with Gasteiger partial charge in [0.05, 0.1) is 5.41 Å². The predicted molar refractivity (Wildman–Crippen MR) is 99.5 cm³/mol. The second kappa shape index (κ2) is 7.24. The van der Waals surface area contributed by atoms with Gasteiger partial charge in [-0.1, -0.05) is 25.0 Å². The van der Waals surface area contributed by atoms with Gasteiger partial charge in [0.25, 0.3) is 0 Å². The highest BCUT2D eigenvalue weighted by atomic mass is 35.5. The summed E-state index contributed by atoms with van der Waals surface area (Å²) in [6.45, 7) is 3.93. The van der Waals surface area contributed by atoms with Crippen molar-refractivity contribution in [3.8, 4) is 0 Å². The highest BCUT2D eigenvalue weighted by Gasteiger charge is 2.47. The zero-order chi connectivity index (χ0) is 16.6. The second-order valence-electron chi connectivity index (χ2n) is 8.02. The minimum atomic E-state index is -0.486. The molecule has 1 aromatic rings. The molecule has 3 nitrogen and oxygen atoms in total. The minimum absolute atomic E-state index is 0. The molecule has 4 rings (SSSR count). The van der Waals surface area contributed by atoms with E-state index in [4.69, 9.17) is 0 Å². The summed E-state index contributed by atoms with van der Waals surface area (Å²) in [6, 6.07) is 6.73. The number of carbonyl (C=O) groups is 1. The molecule has 0 atom stereocenters. The van der Waals surface area contributed by atoms with Crippen molar-refractivity contribution >= 4 is 18.3 Å². The van der Waals surface area contributed by atoms with Crippen molar-refractivity contribution in [2.24, 2.45) is 5.41 Å². The van der Waals surface area contributed by atoms with Crippen molar-refractivity contribution < 1.29 is 9.18 Å². The van der Waals surface area contributed by atoms with Gasteiger partial charge in [-0.25, -0.2) is 4.39 Å². The molecule has 2 heterocycles. The van der Waals surface area contributed by atoms with Crippen LogP contribution in [0.4, 0.5) is 4.39 Å². The molecule has 1 aliphatic carbocycles. The van der Waals surface area contributed by atoms with Crippen LogP contribution in [-0.2, 0) is 10.2 Å². The molecular weight excluding hydrogens is 339 g/mol. The van der Waals surface area contributed by atoms with Crippen LogP contribution >= 0.6 is 12.4 Å². The molecule has 1 spiro atoms. The molecule has 2 saturated heterocycles. The number of benzene rings is 1. The molecule has 0 radical (unpaired) electrons. The van der Waals surface area contributed by atoms with E-state index in [1.54, 1.807) is 12.1 Å². The standard InChI is InChI=1S/C20H27FN2O.ClH/c21-17-5-3-4-16(14-17)20(6-1-2-7-20)18(24)23-12-9-19(10-13-23)8-11-22-15-19;/h3-5,14,22H,1-2,6-13,15H2;1H. The van der Waals surface area contributed by atoms with Crippen molar-refractivity contribution in [2.45, 2.75) is 50.4 Å². The topological polar surface area (TPSA) is 32.3 Å². The maximum Gasteiger partial charge on any atom is 0.233 e. The van der Waals surface area contributed by atoms with Crippen molar-refractivity contribution in [1.29, 1.82) is 0 Å². The molecule has 5 heteroatoms. The Labute approximate surface area is 155 Å². The van der Waals surface area contributed by atoms with E-state index >= 15 is 0 Å². The Morgan fingerprint density at radius 2 is 1.80 bits per heavy atom. The lowest BCUT2D eigenvalue weighted by molar-refractivity contribution is -0.139. The van der Waals surface area contributed by atoms with Gasteiger partial charge in [0, 0.05) is 19.6 Å². The number of nitrogens with one attached hydrogen (secondary N) is 1. The molecule has 0 bridgehead atoms. The monoisotopic (exact) mass is 366 g/mol. The Bertz CT molecular complexity index is 614. The normalized spacial score (nSPS) is 24.3. The summed E-state index contributed by atoms with van der Waals surface area (Å²) in [5.41, 5.74) is 0.812. The van der Waals surface area contributed by atoms with E-state index in [1.165, 1.54) is 12.5 Å². The maximum absolute atomic E-state index is 13.8. The lowest BCUT2D eigenvalue weighted by Gasteiger charge is -2.42. The van der Waals surface area contributed by atoms with E-state index in [1.807, 2.05) is 6.07 Å². The number of likely N-dealkylation sites (tertiary alicyclic amines) is 1. The van der Waals surface area contributed by atoms with Crippen LogP contribution in [0.3, 0.4) is 0 Å². The first kappa shape index (κ1) is 18.7. The van der Waals surface area contributed by atoms with Crippen LogP contribution in [0.1, 0.15) is 50.5 Å². The minimum Gasteiger partial charge on any atom is -0.342 e. The van der Waals surface area contributed by atoms with Gasteiger partial charge in [-0.3, -0.25) is 4.79 Å². The van der Waals surface area contributed by atoms with E-state index in [9.17, 15) is 9.18 Å². The summed E-state index contributed by atoms with van der Waals surface area (Å²) in [6.07, 6.45) is 7.28. The van der Waals surface area contributed by atoms with Crippen LogP contribution in [0.15, 0.2) is 24.3 Å². The van der Waals surface area contributed by atoms with Crippen LogP contribution in [0.5, 0.6) is 0 Å². The zero-order valence-corrected chi connectivity index (χ0v) is 15.5. The molecule has 1 saturated carbocycles. The number of halogens is 2. The number of hydrogen-bond acceptors (Lipinski definition) is 2. The smallest absolute Gasteiger partial charge is 0.233 e. The number of hydrogen-bond donors (Lipinski definition) is 1. The average Bonchev–Trinajstić information content (AvgIpc) is 3.26. The van der Waals surface area contributed by atoms with Gasteiger partial charge in [-0.05, 0) is 61.8 Å². The summed E-state index contributed by atoms with van der Waals surface area (Å²) < 4.78 is 13.8. The molecule has 2 aliphatic heterocycles. The molecule has 0 unspecified atom stereocenters. The fourth-order valence-electron chi connectivity index (χ4n) is 5.10. The summed E-state index contributed by atoms with van der Waals surface area (Å²) in [5, 5.41) is 3.48. The summed E-state index contributed by atoms with van der Waals surface area (Å²) in [4.78, 5) is 15.5. The molecule has 1 amide bonds. The first-order chi connectivity index (χ1) is 11.6. The molecule has 3 fully saturated rings. The average molecular weight is 367 g/mol. The van der Waals surface area contributed by atoms with Crippen LogP contribution in [-0.4, -0.2) is 37.0 Å². The van der Waals surface area contributed by atoms with E-state index in [-0.39, 0.29) is 24.1 Å². The predicted octanol–water partition coefficient (Wildman–Crippen LogP) is 3.66. The van der Waals surface area contributed by atoms with Crippen molar-refractivity contribution in [3.63, 3.8) is 0 Å². The fourth-order valence-corrected chi connectivity index (χ4v) is 5.10. The Balaban J connectivity index is 0.00000182. The van der Waals surface area contributed by atoms with Gasteiger partial charge >= 0.3 is 0 Å². The third-order valence-electron chi connectivity index (χ3n) is 6.69. The Hall–Kier alpha value is -1.13. The van der Waals surface area contributed by atoms with Crippen LogP contribution < -0.4 is 5.32 Å². The van der Waals surface area contributed by atoms with E-state index in [2.05, 4.69) is 10.2 Å².